The highest BCUT2D eigenvalue weighted by Gasteiger charge is 2.09. The van der Waals surface area contributed by atoms with Crippen molar-refractivity contribution >= 4 is 23.4 Å². The number of H-pyrrole nitrogens is 1. The number of hydrogen-bond acceptors (Lipinski definition) is 4. The molecule has 0 amide bonds. The summed E-state index contributed by atoms with van der Waals surface area (Å²) in [6.07, 6.45) is 0. The van der Waals surface area contributed by atoms with Crippen LogP contribution in [0.5, 0.6) is 5.75 Å². The number of nitrogens with one attached hydrogen (secondary N) is 1. The zero-order valence-electron chi connectivity index (χ0n) is 10.6. The molecule has 4 nitrogen and oxygen atoms in total. The molecule has 0 aliphatic heterocycles. The van der Waals surface area contributed by atoms with Crippen molar-refractivity contribution in [3.63, 3.8) is 0 Å². The van der Waals surface area contributed by atoms with Gasteiger partial charge in [0.1, 0.15) is 5.75 Å². The average Bonchev–Trinajstić information content (AvgIpc) is 2.36. The molecule has 0 unspecified atom stereocenters. The highest BCUT2D eigenvalue weighted by molar-refractivity contribution is 7.98. The van der Waals surface area contributed by atoms with Gasteiger partial charge in [-0.25, -0.2) is 4.98 Å². The predicted octanol–water partition coefficient (Wildman–Crippen LogP) is 3.03. The van der Waals surface area contributed by atoms with E-state index in [1.54, 1.807) is 14.0 Å². The van der Waals surface area contributed by atoms with Gasteiger partial charge in [-0.2, -0.15) is 0 Å². The zero-order chi connectivity index (χ0) is 13.8. The molecule has 0 radical (unpaired) electrons. The number of aromatic amines is 1. The highest BCUT2D eigenvalue weighted by atomic mass is 35.5. The van der Waals surface area contributed by atoms with Gasteiger partial charge in [0.2, 0.25) is 0 Å². The van der Waals surface area contributed by atoms with E-state index < -0.39 is 0 Å². The van der Waals surface area contributed by atoms with Crippen LogP contribution in [0, 0.1) is 6.92 Å². The SMILES string of the molecule is COc1cccc(Cl)c1CSc1nc(C)cc(=O)[nH]1. The Morgan fingerprint density at radius 1 is 1.47 bits per heavy atom. The van der Waals surface area contributed by atoms with Crippen LogP contribution in [-0.4, -0.2) is 17.1 Å². The second-order valence-electron chi connectivity index (χ2n) is 3.90. The van der Waals surface area contributed by atoms with Crippen molar-refractivity contribution < 1.29 is 4.74 Å². The fourth-order valence-electron chi connectivity index (χ4n) is 1.63. The van der Waals surface area contributed by atoms with Crippen molar-refractivity contribution in [1.82, 2.24) is 9.97 Å². The minimum Gasteiger partial charge on any atom is -0.496 e. The predicted molar refractivity (Wildman–Crippen MR) is 77.2 cm³/mol. The summed E-state index contributed by atoms with van der Waals surface area (Å²) in [6.45, 7) is 1.79. The van der Waals surface area contributed by atoms with Gasteiger partial charge in [0.15, 0.2) is 5.16 Å². The van der Waals surface area contributed by atoms with E-state index in [-0.39, 0.29) is 5.56 Å². The smallest absolute Gasteiger partial charge is 0.251 e. The van der Waals surface area contributed by atoms with Gasteiger partial charge < -0.3 is 9.72 Å². The van der Waals surface area contributed by atoms with Crippen LogP contribution in [-0.2, 0) is 5.75 Å². The molecule has 0 atom stereocenters. The summed E-state index contributed by atoms with van der Waals surface area (Å²) in [4.78, 5) is 18.3. The van der Waals surface area contributed by atoms with E-state index in [1.807, 2.05) is 18.2 Å². The second kappa shape index (κ2) is 6.12. The number of benzene rings is 1. The van der Waals surface area contributed by atoms with Gasteiger partial charge in [-0.05, 0) is 19.1 Å². The Balaban J connectivity index is 2.21. The molecule has 0 saturated heterocycles. The molecule has 1 heterocycles. The maximum absolute atomic E-state index is 11.4. The number of hydrogen-bond donors (Lipinski definition) is 1. The first-order valence-corrected chi connectivity index (χ1v) is 6.98. The lowest BCUT2D eigenvalue weighted by Crippen LogP contribution is -2.08. The van der Waals surface area contributed by atoms with E-state index in [4.69, 9.17) is 16.3 Å². The Bertz CT molecular complexity index is 643. The molecular formula is C13H13ClN2O2S. The van der Waals surface area contributed by atoms with Crippen molar-refractivity contribution in [2.45, 2.75) is 17.8 Å². The lowest BCUT2D eigenvalue weighted by molar-refractivity contribution is 0.411. The first kappa shape index (κ1) is 14.0. The van der Waals surface area contributed by atoms with E-state index in [2.05, 4.69) is 9.97 Å². The third-order valence-electron chi connectivity index (χ3n) is 2.50. The van der Waals surface area contributed by atoms with Gasteiger partial charge >= 0.3 is 0 Å². The van der Waals surface area contributed by atoms with Crippen molar-refractivity contribution in [2.24, 2.45) is 0 Å². The van der Waals surface area contributed by atoms with Gasteiger partial charge in [-0.3, -0.25) is 4.79 Å². The van der Waals surface area contributed by atoms with Crippen molar-refractivity contribution in [2.75, 3.05) is 7.11 Å². The quantitative estimate of drug-likeness (QED) is 0.696. The molecule has 2 aromatic rings. The van der Waals surface area contributed by atoms with Gasteiger partial charge in [0.05, 0.1) is 7.11 Å². The zero-order valence-corrected chi connectivity index (χ0v) is 12.1. The van der Waals surface area contributed by atoms with E-state index in [0.717, 1.165) is 11.3 Å². The summed E-state index contributed by atoms with van der Waals surface area (Å²) in [5, 5.41) is 1.22. The normalized spacial score (nSPS) is 10.5. The Labute approximate surface area is 120 Å². The lowest BCUT2D eigenvalue weighted by Gasteiger charge is -2.09. The van der Waals surface area contributed by atoms with Crippen molar-refractivity contribution in [3.8, 4) is 5.75 Å². The first-order chi connectivity index (χ1) is 9.10. The first-order valence-electron chi connectivity index (χ1n) is 5.62. The highest BCUT2D eigenvalue weighted by Crippen LogP contribution is 2.31. The van der Waals surface area contributed by atoms with E-state index in [0.29, 0.717) is 21.6 Å². The fraction of sp³-hybridized carbons (Fsp3) is 0.231. The largest absolute Gasteiger partial charge is 0.496 e. The van der Waals surface area contributed by atoms with Crippen molar-refractivity contribution in [3.05, 3.63) is 50.9 Å². The molecule has 2 rings (SSSR count). The number of thioether (sulfide) groups is 1. The number of ether oxygens (including phenoxy) is 1. The van der Waals surface area contributed by atoms with Crippen LogP contribution in [0.2, 0.25) is 5.02 Å². The van der Waals surface area contributed by atoms with Crippen molar-refractivity contribution in [1.29, 1.82) is 0 Å². The third-order valence-corrected chi connectivity index (χ3v) is 3.75. The third kappa shape index (κ3) is 3.52. The van der Waals surface area contributed by atoms with E-state index in [1.165, 1.54) is 17.8 Å². The number of methoxy groups -OCH3 is 1. The molecule has 0 aliphatic carbocycles. The van der Waals surface area contributed by atoms with Crippen LogP contribution in [0.3, 0.4) is 0 Å². The van der Waals surface area contributed by atoms with Crippen LogP contribution in [0.15, 0.2) is 34.2 Å². The lowest BCUT2D eigenvalue weighted by atomic mass is 10.2. The number of rotatable bonds is 4. The molecule has 6 heteroatoms. The number of aromatic nitrogens is 2. The van der Waals surface area contributed by atoms with E-state index in [9.17, 15) is 4.79 Å². The minimum absolute atomic E-state index is 0.152. The number of halogens is 1. The maximum Gasteiger partial charge on any atom is 0.251 e. The molecule has 0 spiro atoms. The topological polar surface area (TPSA) is 55.0 Å². The van der Waals surface area contributed by atoms with Crippen LogP contribution in [0.1, 0.15) is 11.3 Å². The fourth-order valence-corrected chi connectivity index (χ4v) is 2.90. The van der Waals surface area contributed by atoms with Gasteiger partial charge in [-0.1, -0.05) is 29.4 Å². The Morgan fingerprint density at radius 2 is 2.26 bits per heavy atom. The van der Waals surface area contributed by atoms with Gasteiger partial charge in [0.25, 0.3) is 5.56 Å². The summed E-state index contributed by atoms with van der Waals surface area (Å²) in [6, 6.07) is 6.96. The summed E-state index contributed by atoms with van der Waals surface area (Å²) in [7, 11) is 1.60. The summed E-state index contributed by atoms with van der Waals surface area (Å²) in [5.74, 6) is 1.31. The van der Waals surface area contributed by atoms with Crippen LogP contribution >= 0.6 is 23.4 Å². The van der Waals surface area contributed by atoms with Crippen LogP contribution < -0.4 is 10.3 Å². The maximum atomic E-state index is 11.4. The molecule has 1 aromatic heterocycles. The molecule has 1 aromatic carbocycles. The Morgan fingerprint density at radius 3 is 2.95 bits per heavy atom. The summed E-state index contributed by atoms with van der Waals surface area (Å²) < 4.78 is 5.27. The Kier molecular flexibility index (Phi) is 4.50. The number of aryl methyl sites for hydroxylation is 1. The number of nitrogens with zero attached hydrogens (tertiary/aromatic N) is 1. The molecular weight excluding hydrogens is 284 g/mol. The minimum atomic E-state index is -0.152. The molecule has 0 fully saturated rings. The monoisotopic (exact) mass is 296 g/mol. The molecule has 19 heavy (non-hydrogen) atoms. The van der Waals surface area contributed by atoms with E-state index >= 15 is 0 Å². The average molecular weight is 297 g/mol. The summed E-state index contributed by atoms with van der Waals surface area (Å²) in [5.41, 5.74) is 1.43. The molecule has 0 aliphatic rings. The molecule has 0 bridgehead atoms. The van der Waals surface area contributed by atoms with Crippen LogP contribution in [0.4, 0.5) is 0 Å². The standard InChI is InChI=1S/C13H13ClN2O2S/c1-8-6-12(17)16-13(15-8)19-7-9-10(14)4-3-5-11(9)18-2/h3-6H,7H2,1-2H3,(H,15,16,17). The van der Waals surface area contributed by atoms with Gasteiger partial charge in [-0.15, -0.1) is 0 Å². The molecule has 100 valence electrons. The summed E-state index contributed by atoms with van der Waals surface area (Å²) >= 11 is 7.57. The van der Waals surface area contributed by atoms with Crippen LogP contribution in [0.25, 0.3) is 0 Å². The Hall–Kier alpha value is -1.46. The molecule has 1 N–H and O–H groups in total. The second-order valence-corrected chi connectivity index (χ2v) is 5.27. The van der Waals surface area contributed by atoms with Gasteiger partial charge in [0, 0.05) is 28.1 Å². The molecule has 0 saturated carbocycles.